The van der Waals surface area contributed by atoms with Gasteiger partial charge >= 0.3 is 12.0 Å². The first kappa shape index (κ1) is 50.6. The fourth-order valence-electron chi connectivity index (χ4n) is 9.33. The van der Waals surface area contributed by atoms with E-state index in [4.69, 9.17) is 19.4 Å². The molecule has 0 spiro atoms. The van der Waals surface area contributed by atoms with Gasteiger partial charge in [0.25, 0.3) is 0 Å². The maximum Gasteiger partial charge on any atom is 0.326 e. The number of rotatable bonds is 17. The van der Waals surface area contributed by atoms with E-state index >= 15 is 4.79 Å². The van der Waals surface area contributed by atoms with Crippen molar-refractivity contribution in [3.05, 3.63) is 29.6 Å². The zero-order valence-corrected chi connectivity index (χ0v) is 40.5. The Labute approximate surface area is 389 Å². The summed E-state index contributed by atoms with van der Waals surface area (Å²) in [5.41, 5.74) is -0.341. The van der Waals surface area contributed by atoms with Gasteiger partial charge in [-0.2, -0.15) is 0 Å². The normalized spacial score (nSPS) is 20.7. The molecule has 6 rings (SSSR count). The molecule has 4 amide bonds. The third-order valence-corrected chi connectivity index (χ3v) is 16.7. The van der Waals surface area contributed by atoms with E-state index in [1.165, 1.54) is 23.3 Å². The molecule has 20 heteroatoms. The van der Waals surface area contributed by atoms with Crippen molar-refractivity contribution >= 4 is 61.0 Å². The topological polar surface area (TPSA) is 218 Å². The Balaban J connectivity index is 1.36. The van der Waals surface area contributed by atoms with Crippen molar-refractivity contribution in [1.29, 1.82) is 0 Å². The van der Waals surface area contributed by atoms with Crippen LogP contribution in [0.3, 0.4) is 0 Å². The number of hydrogen-bond donors (Lipinski definition) is 5. The summed E-state index contributed by atoms with van der Waals surface area (Å²) in [6, 6.07) is 1.81. The highest BCUT2D eigenvalue weighted by atomic mass is 32.2. The van der Waals surface area contributed by atoms with Crippen LogP contribution in [-0.2, 0) is 24.2 Å². The van der Waals surface area contributed by atoms with Gasteiger partial charge in [-0.15, -0.1) is 11.3 Å². The number of likely N-dealkylation sites (tertiary alicyclic amines) is 1. The molecule has 0 bridgehead atoms. The minimum Gasteiger partial charge on any atom is -0.497 e. The number of nitrogens with zero attached hydrogens (tertiary/aromatic N) is 3. The number of hydrogen-bond acceptors (Lipinski definition) is 12. The average molecular weight is 962 g/mol. The number of urea groups is 1. The molecule has 2 saturated carbocycles. The first-order valence-electron chi connectivity index (χ1n) is 22.8. The SMILES string of the molecule is COc1ccc2c(O[C@@H]3CC(C(=O)N[C@@H](CC(F)F)C(=O)O)N(C(=O)[C@@H](NC(=O)NC4(CS(=O)(=O)C(C)(C)C)CCCCC4)C4(C)CCCCC4)C3)cc(-c3csc(NC(C)C)n3)nc2c1. The maximum atomic E-state index is 15.3. The van der Waals surface area contributed by atoms with Gasteiger partial charge < -0.3 is 40.7 Å². The Morgan fingerprint density at radius 1 is 0.970 bits per heavy atom. The number of amides is 4. The molecule has 1 aliphatic heterocycles. The average Bonchev–Trinajstić information content (AvgIpc) is 3.89. The molecule has 3 fully saturated rings. The van der Waals surface area contributed by atoms with Gasteiger partial charge in [0, 0.05) is 41.8 Å². The third kappa shape index (κ3) is 12.0. The lowest BCUT2D eigenvalue weighted by Gasteiger charge is -2.44. The Bertz CT molecular complexity index is 2340. The molecule has 3 aromatic rings. The van der Waals surface area contributed by atoms with Gasteiger partial charge in [-0.05, 0) is 77.8 Å². The van der Waals surface area contributed by atoms with Crippen LogP contribution in [0.1, 0.15) is 119 Å². The summed E-state index contributed by atoms with van der Waals surface area (Å²) in [7, 11) is -2.15. The van der Waals surface area contributed by atoms with E-state index in [0.29, 0.717) is 77.4 Å². The van der Waals surface area contributed by atoms with Crippen LogP contribution in [0.25, 0.3) is 22.3 Å². The van der Waals surface area contributed by atoms with Crippen LogP contribution in [0.15, 0.2) is 29.6 Å². The number of nitrogens with one attached hydrogen (secondary N) is 4. The van der Waals surface area contributed by atoms with Gasteiger partial charge in [-0.1, -0.05) is 45.4 Å². The highest BCUT2D eigenvalue weighted by Crippen LogP contribution is 2.42. The molecule has 0 radical (unpaired) electrons. The largest absolute Gasteiger partial charge is 0.497 e. The lowest BCUT2D eigenvalue weighted by molar-refractivity contribution is -0.146. The highest BCUT2D eigenvalue weighted by molar-refractivity contribution is 7.92. The molecule has 1 aromatic carbocycles. The zero-order valence-electron chi connectivity index (χ0n) is 38.9. The van der Waals surface area contributed by atoms with Crippen LogP contribution >= 0.6 is 11.3 Å². The molecule has 4 atom stereocenters. The van der Waals surface area contributed by atoms with Gasteiger partial charge in [-0.3, -0.25) is 9.59 Å². The third-order valence-electron chi connectivity index (χ3n) is 13.1. The molecule has 2 aromatic heterocycles. The van der Waals surface area contributed by atoms with Crippen molar-refractivity contribution in [3.8, 4) is 22.9 Å². The minimum atomic E-state index is -3.68. The summed E-state index contributed by atoms with van der Waals surface area (Å²) >= 11 is 1.41. The van der Waals surface area contributed by atoms with Gasteiger partial charge in [0.1, 0.15) is 41.4 Å². The maximum absolute atomic E-state index is 15.3. The molecule has 66 heavy (non-hydrogen) atoms. The number of aliphatic carboxylic acids is 1. The van der Waals surface area contributed by atoms with Crippen molar-refractivity contribution in [2.45, 2.75) is 166 Å². The standard InChI is InChI=1S/C46H65F2N7O9S2/c1-27(2)49-43-52-34(25-65-43)32-22-36(30-15-14-28(63-7)20-31(30)50-32)64-29-21-35(39(56)51-33(41(58)59)23-37(47)48)55(24-29)40(57)38(45(6)16-10-8-11-17-45)53-42(60)54-46(18-12-9-13-19-46)26-66(61,62)44(3,4)5/h14-15,20,22,25,27,29,33,35,37-38H,8-13,16-19,21,23-24,26H2,1-7H3,(H,49,52)(H,51,56)(H,58,59)(H2,53,54,60)/t29-,33+,35?,38-/m1/s1. The molecule has 3 heterocycles. The number of benzene rings is 1. The predicted octanol–water partition coefficient (Wildman–Crippen LogP) is 7.31. The number of carboxylic acid groups (broad SMARTS) is 1. The van der Waals surface area contributed by atoms with E-state index in [9.17, 15) is 36.7 Å². The van der Waals surface area contributed by atoms with Crippen LogP contribution < -0.4 is 30.7 Å². The minimum absolute atomic E-state index is 0.131. The first-order chi connectivity index (χ1) is 31.0. The fraction of sp³-hybridized carbons (Fsp3) is 0.652. The summed E-state index contributed by atoms with van der Waals surface area (Å²) in [5, 5.41) is 24.5. The number of thiazole rings is 1. The number of carbonyl (C=O) groups excluding carboxylic acids is 3. The second-order valence-electron chi connectivity index (χ2n) is 19.7. The number of anilines is 1. The summed E-state index contributed by atoms with van der Waals surface area (Å²) in [6.07, 6.45) is 1.43. The molecule has 1 saturated heterocycles. The van der Waals surface area contributed by atoms with Crippen molar-refractivity contribution in [3.63, 3.8) is 0 Å². The molecular formula is C46H65F2N7O9S2. The van der Waals surface area contributed by atoms with E-state index in [2.05, 4.69) is 21.3 Å². The summed E-state index contributed by atoms with van der Waals surface area (Å²) in [5.74, 6) is -2.66. The smallest absolute Gasteiger partial charge is 0.326 e. The number of alkyl halides is 2. The Morgan fingerprint density at radius 3 is 2.24 bits per heavy atom. The van der Waals surface area contributed by atoms with Crippen molar-refractivity contribution in [2.75, 3.05) is 24.7 Å². The van der Waals surface area contributed by atoms with Crippen LogP contribution in [0.5, 0.6) is 11.5 Å². The quantitative estimate of drug-likeness (QED) is 0.0900. The van der Waals surface area contributed by atoms with Gasteiger partial charge in [0.15, 0.2) is 15.0 Å². The number of sulfone groups is 1. The fourth-order valence-corrected chi connectivity index (χ4v) is 11.7. The second kappa shape index (κ2) is 20.6. The number of pyridine rings is 1. The molecule has 3 aliphatic rings. The van der Waals surface area contributed by atoms with Crippen LogP contribution in [0.2, 0.25) is 0 Å². The summed E-state index contributed by atoms with van der Waals surface area (Å²) in [4.78, 5) is 66.8. The molecule has 2 aliphatic carbocycles. The molecule has 364 valence electrons. The molecule has 1 unspecified atom stereocenters. The van der Waals surface area contributed by atoms with E-state index in [1.807, 2.05) is 26.2 Å². The number of carbonyl (C=O) groups is 4. The second-order valence-corrected chi connectivity index (χ2v) is 23.3. The number of ether oxygens (including phenoxy) is 2. The Kier molecular flexibility index (Phi) is 15.8. The van der Waals surface area contributed by atoms with E-state index in [1.54, 1.807) is 45.0 Å². The van der Waals surface area contributed by atoms with Crippen LogP contribution in [-0.4, -0.2) is 119 Å². The number of halogens is 2. The van der Waals surface area contributed by atoms with Gasteiger partial charge in [0.05, 0.1) is 40.9 Å². The zero-order chi connectivity index (χ0) is 48.2. The monoisotopic (exact) mass is 961 g/mol. The predicted molar refractivity (Wildman–Crippen MR) is 249 cm³/mol. The number of carboxylic acids is 1. The van der Waals surface area contributed by atoms with Gasteiger partial charge in [-0.25, -0.2) is 36.8 Å². The lowest BCUT2D eigenvalue weighted by Crippen LogP contribution is -2.64. The van der Waals surface area contributed by atoms with E-state index in [-0.39, 0.29) is 24.8 Å². The number of fused-ring (bicyclic) bond motifs is 1. The van der Waals surface area contributed by atoms with Crippen molar-refractivity contribution in [1.82, 2.24) is 30.8 Å². The summed E-state index contributed by atoms with van der Waals surface area (Å²) in [6.45, 7) is 10.6. The van der Waals surface area contributed by atoms with Crippen molar-refractivity contribution < 1.29 is 51.0 Å². The lowest BCUT2D eigenvalue weighted by atomic mass is 9.70. The van der Waals surface area contributed by atoms with Crippen LogP contribution in [0.4, 0.5) is 18.7 Å². The number of methoxy groups -OCH3 is 1. The van der Waals surface area contributed by atoms with Gasteiger partial charge in [0.2, 0.25) is 18.2 Å². The molecule has 5 N–H and O–H groups in total. The highest BCUT2D eigenvalue weighted by Gasteiger charge is 2.50. The van der Waals surface area contributed by atoms with Crippen molar-refractivity contribution in [2.24, 2.45) is 5.41 Å². The number of aromatic nitrogens is 2. The summed E-state index contributed by atoms with van der Waals surface area (Å²) < 4.78 is 65.5. The van der Waals surface area contributed by atoms with E-state index < -0.39 is 86.4 Å². The Morgan fingerprint density at radius 2 is 1.64 bits per heavy atom. The van der Waals surface area contributed by atoms with E-state index in [0.717, 1.165) is 25.7 Å². The Hall–Kier alpha value is -4.85. The first-order valence-corrected chi connectivity index (χ1v) is 25.4. The molecule has 16 nitrogen and oxygen atoms in total. The molecular weight excluding hydrogens is 897 g/mol. The van der Waals surface area contributed by atoms with Crippen LogP contribution in [0, 0.1) is 5.41 Å².